The number of amides is 1. The van der Waals surface area contributed by atoms with E-state index in [1.807, 2.05) is 44.2 Å². The Hall–Kier alpha value is -3.57. The summed E-state index contributed by atoms with van der Waals surface area (Å²) in [4.78, 5) is 17.0. The molecular formula is C30H31BN2O4. The predicted octanol–water partition coefficient (Wildman–Crippen LogP) is 3.03. The number of piperazine rings is 1. The molecule has 2 N–H and O–H groups in total. The van der Waals surface area contributed by atoms with E-state index in [1.54, 1.807) is 4.90 Å². The molecule has 3 aromatic rings. The van der Waals surface area contributed by atoms with Gasteiger partial charge in [-0.05, 0) is 58.3 Å². The van der Waals surface area contributed by atoms with Crippen LogP contribution in [0.3, 0.4) is 0 Å². The van der Waals surface area contributed by atoms with Gasteiger partial charge in [0.05, 0.1) is 0 Å². The fourth-order valence-electron chi connectivity index (χ4n) is 5.65. The molecule has 1 aliphatic heterocycles. The number of carbonyl (C=O) groups excluding carboxylic acids is 1. The first-order valence-electron chi connectivity index (χ1n) is 12.7. The van der Waals surface area contributed by atoms with Crippen LogP contribution in [0.4, 0.5) is 4.79 Å². The fraction of sp³-hybridized carbons (Fsp3) is 0.300. The van der Waals surface area contributed by atoms with Gasteiger partial charge in [0.1, 0.15) is 6.61 Å². The summed E-state index contributed by atoms with van der Waals surface area (Å²) in [5.74, 6) is 2.74. The van der Waals surface area contributed by atoms with Crippen LogP contribution in [0.1, 0.15) is 39.3 Å². The van der Waals surface area contributed by atoms with Crippen molar-refractivity contribution in [1.82, 2.24) is 9.80 Å². The Morgan fingerprint density at radius 3 is 2.16 bits per heavy atom. The number of nitrogens with zero attached hydrogens (tertiary/aromatic N) is 2. The maximum absolute atomic E-state index is 12.9. The molecule has 2 aliphatic rings. The molecule has 6 nitrogen and oxygen atoms in total. The standard InChI is InChI=1S/C30H31BN2O4/c1-4-23-20(2)22(17-29(21(23)3)31(35)36)18-32-13-15-33(16-14-32)30(34)37-19-28-26-11-7-5-9-24(26)25-10-6-8-12-27(25)28/h1,5-12,17,28,35-36H,13-16,18-19H2,2-3H3. The summed E-state index contributed by atoms with van der Waals surface area (Å²) in [6.45, 7) is 7.25. The molecule has 0 aromatic heterocycles. The van der Waals surface area contributed by atoms with E-state index in [4.69, 9.17) is 11.2 Å². The Balaban J connectivity index is 1.20. The first kappa shape index (κ1) is 25.1. The lowest BCUT2D eigenvalue weighted by Crippen LogP contribution is -2.48. The number of hydrogen-bond acceptors (Lipinski definition) is 5. The van der Waals surface area contributed by atoms with Crippen molar-refractivity contribution in [1.29, 1.82) is 0 Å². The summed E-state index contributed by atoms with van der Waals surface area (Å²) in [5, 5.41) is 19.6. The van der Waals surface area contributed by atoms with E-state index in [9.17, 15) is 14.8 Å². The average molecular weight is 494 g/mol. The number of fused-ring (bicyclic) bond motifs is 3. The second-order valence-electron chi connectivity index (χ2n) is 9.84. The number of rotatable bonds is 5. The maximum atomic E-state index is 12.9. The number of hydrogen-bond donors (Lipinski definition) is 2. The Bertz CT molecular complexity index is 1330. The topological polar surface area (TPSA) is 73.2 Å². The van der Waals surface area contributed by atoms with Gasteiger partial charge < -0.3 is 19.7 Å². The minimum Gasteiger partial charge on any atom is -0.448 e. The summed E-state index contributed by atoms with van der Waals surface area (Å²) < 4.78 is 5.83. The third-order valence-corrected chi connectivity index (χ3v) is 7.78. The highest BCUT2D eigenvalue weighted by atomic mass is 16.6. The molecule has 1 amide bonds. The van der Waals surface area contributed by atoms with Crippen molar-refractivity contribution in [3.05, 3.63) is 88.0 Å². The lowest BCUT2D eigenvalue weighted by molar-refractivity contribution is 0.0728. The molecule has 1 aliphatic carbocycles. The van der Waals surface area contributed by atoms with Gasteiger partial charge in [-0.25, -0.2) is 4.79 Å². The van der Waals surface area contributed by atoms with Crippen LogP contribution in [0.25, 0.3) is 11.1 Å². The van der Waals surface area contributed by atoms with Crippen LogP contribution in [0, 0.1) is 26.2 Å². The van der Waals surface area contributed by atoms with Crippen LogP contribution >= 0.6 is 0 Å². The van der Waals surface area contributed by atoms with E-state index in [0.29, 0.717) is 50.4 Å². The van der Waals surface area contributed by atoms with Gasteiger partial charge in [-0.15, -0.1) is 6.42 Å². The van der Waals surface area contributed by atoms with Crippen molar-refractivity contribution in [2.24, 2.45) is 0 Å². The first-order chi connectivity index (χ1) is 17.9. The highest BCUT2D eigenvalue weighted by Gasteiger charge is 2.30. The van der Waals surface area contributed by atoms with Crippen LogP contribution in [-0.2, 0) is 11.3 Å². The number of terminal acetylenes is 1. The van der Waals surface area contributed by atoms with Gasteiger partial charge in [-0.2, -0.15) is 0 Å². The molecule has 188 valence electrons. The van der Waals surface area contributed by atoms with Gasteiger partial charge >= 0.3 is 13.2 Å². The smallest absolute Gasteiger partial charge is 0.448 e. The van der Waals surface area contributed by atoms with Crippen molar-refractivity contribution >= 4 is 18.7 Å². The van der Waals surface area contributed by atoms with Crippen molar-refractivity contribution < 1.29 is 19.6 Å². The first-order valence-corrected chi connectivity index (χ1v) is 12.7. The second kappa shape index (κ2) is 10.4. The van der Waals surface area contributed by atoms with Gasteiger partial charge in [-0.3, -0.25) is 4.90 Å². The summed E-state index contributed by atoms with van der Waals surface area (Å²) in [7, 11) is -1.57. The molecule has 1 heterocycles. The van der Waals surface area contributed by atoms with Crippen LogP contribution in [-0.4, -0.2) is 65.8 Å². The van der Waals surface area contributed by atoms with E-state index in [0.717, 1.165) is 16.7 Å². The van der Waals surface area contributed by atoms with Gasteiger partial charge in [0.25, 0.3) is 0 Å². The normalized spacial score (nSPS) is 15.2. The zero-order valence-electron chi connectivity index (χ0n) is 21.3. The van der Waals surface area contributed by atoms with E-state index in [2.05, 4.69) is 35.1 Å². The van der Waals surface area contributed by atoms with E-state index < -0.39 is 7.12 Å². The zero-order chi connectivity index (χ0) is 26.1. The molecule has 0 unspecified atom stereocenters. The lowest BCUT2D eigenvalue weighted by atomic mass is 9.74. The van der Waals surface area contributed by atoms with E-state index in [-0.39, 0.29) is 12.0 Å². The summed E-state index contributed by atoms with van der Waals surface area (Å²) in [6, 6.07) is 18.5. The molecule has 7 heteroatoms. The zero-order valence-corrected chi connectivity index (χ0v) is 21.3. The summed E-state index contributed by atoms with van der Waals surface area (Å²) in [5.41, 5.74) is 8.64. The van der Waals surface area contributed by atoms with Crippen LogP contribution in [0.5, 0.6) is 0 Å². The van der Waals surface area contributed by atoms with Crippen molar-refractivity contribution in [2.75, 3.05) is 32.8 Å². The second-order valence-corrected chi connectivity index (χ2v) is 9.84. The monoisotopic (exact) mass is 494 g/mol. The minimum atomic E-state index is -1.57. The molecule has 0 radical (unpaired) electrons. The van der Waals surface area contributed by atoms with Crippen molar-refractivity contribution in [3.8, 4) is 23.5 Å². The quantitative estimate of drug-likeness (QED) is 0.422. The molecular weight excluding hydrogens is 463 g/mol. The molecule has 0 bridgehead atoms. The third kappa shape index (κ3) is 4.76. The summed E-state index contributed by atoms with van der Waals surface area (Å²) in [6.07, 6.45) is 5.43. The van der Waals surface area contributed by atoms with Gasteiger partial charge in [0.2, 0.25) is 0 Å². The molecule has 1 fully saturated rings. The average Bonchev–Trinajstić information content (AvgIpc) is 3.23. The van der Waals surface area contributed by atoms with Crippen molar-refractivity contribution in [2.45, 2.75) is 26.3 Å². The Morgan fingerprint density at radius 2 is 1.59 bits per heavy atom. The molecule has 5 rings (SSSR count). The highest BCUT2D eigenvalue weighted by molar-refractivity contribution is 6.59. The summed E-state index contributed by atoms with van der Waals surface area (Å²) >= 11 is 0. The molecule has 0 saturated carbocycles. The van der Waals surface area contributed by atoms with Crippen LogP contribution in [0.15, 0.2) is 54.6 Å². The third-order valence-electron chi connectivity index (χ3n) is 7.78. The van der Waals surface area contributed by atoms with Crippen LogP contribution in [0.2, 0.25) is 0 Å². The van der Waals surface area contributed by atoms with Gasteiger partial charge in [0.15, 0.2) is 0 Å². The van der Waals surface area contributed by atoms with Gasteiger partial charge in [0, 0.05) is 44.2 Å². The predicted molar refractivity (Wildman–Crippen MR) is 146 cm³/mol. The molecule has 3 aromatic carbocycles. The number of benzene rings is 3. The van der Waals surface area contributed by atoms with E-state index >= 15 is 0 Å². The molecule has 0 atom stereocenters. The lowest BCUT2D eigenvalue weighted by Gasteiger charge is -2.34. The van der Waals surface area contributed by atoms with Gasteiger partial charge in [-0.1, -0.05) is 60.5 Å². The molecule has 37 heavy (non-hydrogen) atoms. The molecule has 0 spiro atoms. The fourth-order valence-corrected chi connectivity index (χ4v) is 5.65. The largest absolute Gasteiger partial charge is 0.488 e. The minimum absolute atomic E-state index is 0.0450. The van der Waals surface area contributed by atoms with Crippen LogP contribution < -0.4 is 5.46 Å². The van der Waals surface area contributed by atoms with E-state index in [1.165, 1.54) is 22.3 Å². The maximum Gasteiger partial charge on any atom is 0.488 e. The Labute approximate surface area is 218 Å². The Morgan fingerprint density at radius 1 is 1.00 bits per heavy atom. The number of carbonyl (C=O) groups is 1. The number of ether oxygens (including phenoxy) is 1. The molecule has 1 saturated heterocycles. The van der Waals surface area contributed by atoms with Crippen molar-refractivity contribution in [3.63, 3.8) is 0 Å². The SMILES string of the molecule is C#Cc1c(C)c(CN2CCN(C(=O)OCC3c4ccccc4-c4ccccc43)CC2)cc(B(O)O)c1C. The Kier molecular flexibility index (Phi) is 7.08. The highest BCUT2D eigenvalue weighted by Crippen LogP contribution is 2.44.